The van der Waals surface area contributed by atoms with Crippen LogP contribution in [0.15, 0.2) is 24.3 Å². The quantitative estimate of drug-likeness (QED) is 0.872. The summed E-state index contributed by atoms with van der Waals surface area (Å²) in [5.74, 6) is 0.339. The van der Waals surface area contributed by atoms with Gasteiger partial charge in [0, 0.05) is 6.04 Å². The molecule has 0 amide bonds. The SMILES string of the molecule is CC(C)CC[C@H](N)c1ccc(OC(F)(F)F)cc1.Cl. The van der Waals surface area contributed by atoms with Gasteiger partial charge in [-0.2, -0.15) is 0 Å². The zero-order valence-electron chi connectivity index (χ0n) is 10.9. The Morgan fingerprint density at radius 3 is 2.05 bits per heavy atom. The molecule has 2 N–H and O–H groups in total. The molecule has 0 fully saturated rings. The summed E-state index contributed by atoms with van der Waals surface area (Å²) in [5, 5.41) is 0. The lowest BCUT2D eigenvalue weighted by molar-refractivity contribution is -0.274. The fourth-order valence-electron chi connectivity index (χ4n) is 1.60. The van der Waals surface area contributed by atoms with Crippen molar-refractivity contribution in [3.05, 3.63) is 29.8 Å². The zero-order valence-corrected chi connectivity index (χ0v) is 11.7. The van der Waals surface area contributed by atoms with Crippen molar-refractivity contribution >= 4 is 12.4 Å². The Labute approximate surface area is 117 Å². The number of rotatable bonds is 5. The average molecular weight is 298 g/mol. The first kappa shape index (κ1) is 18.1. The molecule has 0 heterocycles. The van der Waals surface area contributed by atoms with Crippen molar-refractivity contribution in [2.45, 2.75) is 39.1 Å². The molecule has 1 aromatic carbocycles. The van der Waals surface area contributed by atoms with Gasteiger partial charge in [-0.15, -0.1) is 25.6 Å². The Morgan fingerprint density at radius 2 is 1.63 bits per heavy atom. The second-order valence-electron chi connectivity index (χ2n) is 4.69. The van der Waals surface area contributed by atoms with E-state index in [1.54, 1.807) is 12.1 Å². The fraction of sp³-hybridized carbons (Fsp3) is 0.538. The van der Waals surface area contributed by atoms with Crippen LogP contribution in [0.4, 0.5) is 13.2 Å². The fourth-order valence-corrected chi connectivity index (χ4v) is 1.60. The van der Waals surface area contributed by atoms with Gasteiger partial charge in [0.25, 0.3) is 0 Å². The topological polar surface area (TPSA) is 35.2 Å². The lowest BCUT2D eigenvalue weighted by Crippen LogP contribution is -2.17. The van der Waals surface area contributed by atoms with Crippen LogP contribution in [-0.4, -0.2) is 6.36 Å². The van der Waals surface area contributed by atoms with Gasteiger partial charge >= 0.3 is 6.36 Å². The van der Waals surface area contributed by atoms with E-state index in [1.165, 1.54) is 12.1 Å². The molecule has 0 radical (unpaired) electrons. The predicted molar refractivity (Wildman–Crippen MR) is 71.4 cm³/mol. The van der Waals surface area contributed by atoms with Crippen molar-refractivity contribution < 1.29 is 17.9 Å². The maximum absolute atomic E-state index is 12.0. The number of benzene rings is 1. The summed E-state index contributed by atoms with van der Waals surface area (Å²) in [6, 6.07) is 5.58. The maximum Gasteiger partial charge on any atom is 0.573 e. The molecule has 0 saturated heterocycles. The third-order valence-corrected chi connectivity index (χ3v) is 2.60. The molecular weight excluding hydrogens is 279 g/mol. The van der Waals surface area contributed by atoms with Crippen LogP contribution in [0.5, 0.6) is 5.75 Å². The molecule has 0 aliphatic heterocycles. The highest BCUT2D eigenvalue weighted by atomic mass is 35.5. The van der Waals surface area contributed by atoms with Gasteiger partial charge in [0.2, 0.25) is 0 Å². The van der Waals surface area contributed by atoms with Crippen LogP contribution in [0.3, 0.4) is 0 Å². The minimum atomic E-state index is -4.65. The van der Waals surface area contributed by atoms with Crippen molar-refractivity contribution in [3.8, 4) is 5.75 Å². The zero-order chi connectivity index (χ0) is 13.8. The van der Waals surface area contributed by atoms with E-state index in [1.807, 2.05) is 0 Å². The van der Waals surface area contributed by atoms with Crippen LogP contribution in [0.25, 0.3) is 0 Å². The van der Waals surface area contributed by atoms with E-state index in [2.05, 4.69) is 18.6 Å². The summed E-state index contributed by atoms with van der Waals surface area (Å²) in [7, 11) is 0. The summed E-state index contributed by atoms with van der Waals surface area (Å²) < 4.78 is 39.7. The van der Waals surface area contributed by atoms with E-state index in [9.17, 15) is 13.2 Å². The molecule has 0 aliphatic carbocycles. The average Bonchev–Trinajstić information content (AvgIpc) is 2.24. The first-order valence-corrected chi connectivity index (χ1v) is 5.89. The van der Waals surface area contributed by atoms with Crippen molar-refractivity contribution in [2.24, 2.45) is 11.7 Å². The van der Waals surface area contributed by atoms with Gasteiger partial charge in [-0.05, 0) is 36.5 Å². The lowest BCUT2D eigenvalue weighted by atomic mass is 9.98. The molecule has 0 bridgehead atoms. The Kier molecular flexibility index (Phi) is 7.23. The second-order valence-corrected chi connectivity index (χ2v) is 4.69. The molecule has 0 unspecified atom stereocenters. The van der Waals surface area contributed by atoms with Gasteiger partial charge in [-0.25, -0.2) is 0 Å². The molecule has 1 rings (SSSR count). The van der Waals surface area contributed by atoms with Crippen LogP contribution in [0.2, 0.25) is 0 Å². The van der Waals surface area contributed by atoms with E-state index in [0.29, 0.717) is 5.92 Å². The summed E-state index contributed by atoms with van der Waals surface area (Å²) >= 11 is 0. The first-order chi connectivity index (χ1) is 8.28. The van der Waals surface area contributed by atoms with Gasteiger partial charge in [-0.1, -0.05) is 26.0 Å². The number of ether oxygens (including phenoxy) is 1. The van der Waals surface area contributed by atoms with Crippen LogP contribution in [0.1, 0.15) is 38.3 Å². The Bertz CT molecular complexity index is 365. The number of hydrogen-bond acceptors (Lipinski definition) is 2. The Morgan fingerprint density at radius 1 is 1.11 bits per heavy atom. The van der Waals surface area contributed by atoms with Crippen LogP contribution >= 0.6 is 12.4 Å². The van der Waals surface area contributed by atoms with Crippen LogP contribution in [0, 0.1) is 5.92 Å². The number of nitrogens with two attached hydrogens (primary N) is 1. The Balaban J connectivity index is 0.00000324. The summed E-state index contributed by atoms with van der Waals surface area (Å²) in [5.41, 5.74) is 6.78. The van der Waals surface area contributed by atoms with E-state index in [-0.39, 0.29) is 24.2 Å². The highest BCUT2D eigenvalue weighted by molar-refractivity contribution is 5.85. The van der Waals surface area contributed by atoms with Crippen LogP contribution in [-0.2, 0) is 0 Å². The molecule has 1 aromatic rings. The van der Waals surface area contributed by atoms with Gasteiger partial charge in [0.1, 0.15) is 5.75 Å². The van der Waals surface area contributed by atoms with Crippen molar-refractivity contribution in [1.82, 2.24) is 0 Å². The molecule has 0 spiro atoms. The molecular formula is C13H19ClF3NO. The van der Waals surface area contributed by atoms with Gasteiger partial charge in [0.05, 0.1) is 0 Å². The summed E-state index contributed by atoms with van der Waals surface area (Å²) in [6.07, 6.45) is -2.85. The van der Waals surface area contributed by atoms with Crippen LogP contribution < -0.4 is 10.5 Å². The standard InChI is InChI=1S/C13H18F3NO.ClH/c1-9(2)3-8-12(17)10-4-6-11(7-5-10)18-13(14,15)16;/h4-7,9,12H,3,8,17H2,1-2H3;1H/t12-;/m0./s1. The molecule has 1 atom stereocenters. The van der Waals surface area contributed by atoms with E-state index in [4.69, 9.17) is 5.73 Å². The number of halogens is 4. The molecule has 110 valence electrons. The maximum atomic E-state index is 12.0. The van der Waals surface area contributed by atoms with Crippen molar-refractivity contribution in [2.75, 3.05) is 0 Å². The predicted octanol–water partition coefficient (Wildman–Crippen LogP) is 4.44. The smallest absolute Gasteiger partial charge is 0.406 e. The molecule has 0 saturated carbocycles. The third kappa shape index (κ3) is 7.28. The monoisotopic (exact) mass is 297 g/mol. The van der Waals surface area contributed by atoms with Crippen molar-refractivity contribution in [1.29, 1.82) is 0 Å². The largest absolute Gasteiger partial charge is 0.573 e. The molecule has 0 aliphatic rings. The minimum Gasteiger partial charge on any atom is -0.406 e. The summed E-state index contributed by atoms with van der Waals surface area (Å²) in [4.78, 5) is 0. The van der Waals surface area contributed by atoms with E-state index in [0.717, 1.165) is 18.4 Å². The van der Waals surface area contributed by atoms with Gasteiger partial charge < -0.3 is 10.5 Å². The summed E-state index contributed by atoms with van der Waals surface area (Å²) in [6.45, 7) is 4.21. The highest BCUT2D eigenvalue weighted by Crippen LogP contribution is 2.25. The molecule has 0 aromatic heterocycles. The molecule has 19 heavy (non-hydrogen) atoms. The van der Waals surface area contributed by atoms with E-state index < -0.39 is 6.36 Å². The molecule has 2 nitrogen and oxygen atoms in total. The third-order valence-electron chi connectivity index (χ3n) is 2.60. The first-order valence-electron chi connectivity index (χ1n) is 5.89. The Hall–Kier alpha value is -0.940. The second kappa shape index (κ2) is 7.60. The highest BCUT2D eigenvalue weighted by Gasteiger charge is 2.30. The van der Waals surface area contributed by atoms with Gasteiger partial charge in [0.15, 0.2) is 0 Å². The normalized spacial score (nSPS) is 13.0. The van der Waals surface area contributed by atoms with E-state index >= 15 is 0 Å². The molecule has 6 heteroatoms. The number of hydrogen-bond donors (Lipinski definition) is 1. The number of alkyl halides is 3. The van der Waals surface area contributed by atoms with Crippen molar-refractivity contribution in [3.63, 3.8) is 0 Å². The van der Waals surface area contributed by atoms with Gasteiger partial charge in [-0.3, -0.25) is 0 Å². The minimum absolute atomic E-state index is 0. The lowest BCUT2D eigenvalue weighted by Gasteiger charge is -2.14.